The molecule has 14 heteroatoms. The number of fused-ring (bicyclic) bond motifs is 3. The van der Waals surface area contributed by atoms with Crippen LogP contribution in [-0.2, 0) is 18.3 Å². The van der Waals surface area contributed by atoms with E-state index in [4.69, 9.17) is 15.0 Å². The highest BCUT2D eigenvalue weighted by Crippen LogP contribution is 2.54. The SMILES string of the molecule is C[C@]12Nc3nc(N)[nH]c(=O)c3N[C@H]1C(O)(O)[C@H]1OP(=O)(O)OC[C@H]1O2. The van der Waals surface area contributed by atoms with E-state index in [9.17, 15) is 24.5 Å². The largest absolute Gasteiger partial charge is 0.472 e. The molecular formula is C11H16N5O8P. The number of nitrogen functional groups attached to an aromatic ring is 1. The second kappa shape index (κ2) is 4.92. The van der Waals surface area contributed by atoms with Gasteiger partial charge in [-0.05, 0) is 6.92 Å². The fraction of sp³-hybridized carbons (Fsp3) is 0.636. The van der Waals surface area contributed by atoms with Gasteiger partial charge in [0, 0.05) is 0 Å². The molecule has 0 saturated carbocycles. The number of aromatic amines is 1. The van der Waals surface area contributed by atoms with Gasteiger partial charge < -0.3 is 36.2 Å². The summed E-state index contributed by atoms with van der Waals surface area (Å²) in [6, 6.07) is -1.35. The normalized spacial score (nSPS) is 41.5. The van der Waals surface area contributed by atoms with Crippen LogP contribution in [0.25, 0.3) is 0 Å². The lowest BCUT2D eigenvalue weighted by Gasteiger charge is -2.56. The number of nitrogens with two attached hydrogens (primary N) is 1. The molecule has 0 radical (unpaired) electrons. The lowest BCUT2D eigenvalue weighted by atomic mass is 9.84. The number of nitrogens with one attached hydrogen (secondary N) is 3. The molecule has 0 amide bonds. The molecule has 3 aliphatic rings. The highest BCUT2D eigenvalue weighted by Gasteiger charge is 2.65. The Morgan fingerprint density at radius 2 is 2.16 bits per heavy atom. The number of phosphoric acid groups is 1. The molecule has 5 atom stereocenters. The highest BCUT2D eigenvalue weighted by atomic mass is 31.2. The lowest BCUT2D eigenvalue weighted by Crippen LogP contribution is -2.77. The number of rotatable bonds is 0. The van der Waals surface area contributed by atoms with Crippen molar-refractivity contribution >= 4 is 25.3 Å². The molecule has 13 nitrogen and oxygen atoms in total. The Bertz CT molecular complexity index is 844. The predicted molar refractivity (Wildman–Crippen MR) is 81.4 cm³/mol. The van der Waals surface area contributed by atoms with Crippen LogP contribution in [0.15, 0.2) is 4.79 Å². The van der Waals surface area contributed by atoms with Crippen molar-refractivity contribution in [2.45, 2.75) is 36.7 Å². The summed E-state index contributed by atoms with van der Waals surface area (Å²) in [6.07, 6.45) is -2.66. The zero-order valence-electron chi connectivity index (χ0n) is 12.8. The van der Waals surface area contributed by atoms with Crippen molar-refractivity contribution in [1.82, 2.24) is 9.97 Å². The summed E-state index contributed by atoms with van der Waals surface area (Å²) in [7, 11) is -4.45. The average Bonchev–Trinajstić information content (AvgIpc) is 2.46. The van der Waals surface area contributed by atoms with Gasteiger partial charge >= 0.3 is 7.82 Å². The topological polar surface area (TPSA) is 201 Å². The summed E-state index contributed by atoms with van der Waals surface area (Å²) in [4.78, 5) is 27.7. The van der Waals surface area contributed by atoms with Gasteiger partial charge in [0.1, 0.15) is 17.8 Å². The summed E-state index contributed by atoms with van der Waals surface area (Å²) in [6.45, 7) is 1.08. The van der Waals surface area contributed by atoms with E-state index in [1.807, 2.05) is 0 Å². The zero-order chi connectivity index (χ0) is 18.2. The van der Waals surface area contributed by atoms with Gasteiger partial charge in [0.25, 0.3) is 5.56 Å². The first-order chi connectivity index (χ1) is 11.5. The Morgan fingerprint density at radius 1 is 1.44 bits per heavy atom. The highest BCUT2D eigenvalue weighted by molar-refractivity contribution is 7.47. The van der Waals surface area contributed by atoms with Crippen LogP contribution in [0.5, 0.6) is 0 Å². The van der Waals surface area contributed by atoms with Crippen LogP contribution < -0.4 is 21.9 Å². The van der Waals surface area contributed by atoms with E-state index < -0.39 is 49.8 Å². The number of aliphatic hydroxyl groups is 2. The fourth-order valence-electron chi connectivity index (χ4n) is 3.34. The second-order valence-electron chi connectivity index (χ2n) is 6.21. The number of anilines is 3. The maximum atomic E-state index is 12.0. The molecule has 4 rings (SSSR count). The zero-order valence-corrected chi connectivity index (χ0v) is 13.7. The van der Waals surface area contributed by atoms with Crippen LogP contribution >= 0.6 is 7.82 Å². The van der Waals surface area contributed by atoms with Gasteiger partial charge in [0.05, 0.1) is 6.61 Å². The minimum Gasteiger partial charge on any atom is -0.369 e. The van der Waals surface area contributed by atoms with Gasteiger partial charge in [0.15, 0.2) is 17.6 Å². The van der Waals surface area contributed by atoms with Crippen LogP contribution in [0.3, 0.4) is 0 Å². The average molecular weight is 377 g/mol. The Kier molecular flexibility index (Phi) is 3.29. The second-order valence-corrected chi connectivity index (χ2v) is 7.62. The maximum absolute atomic E-state index is 12.0. The Hall–Kier alpha value is -1.73. The van der Waals surface area contributed by atoms with Gasteiger partial charge in [-0.2, -0.15) is 4.98 Å². The summed E-state index contributed by atoms with van der Waals surface area (Å²) in [5.41, 5.74) is 3.31. The molecule has 2 saturated heterocycles. The molecule has 0 bridgehead atoms. The minimum absolute atomic E-state index is 0.0553. The molecular weight excluding hydrogens is 361 g/mol. The Balaban J connectivity index is 1.79. The quantitative estimate of drug-likeness (QED) is 0.191. The first-order valence-corrected chi connectivity index (χ1v) is 8.74. The number of H-pyrrole nitrogens is 1. The van der Waals surface area contributed by atoms with Crippen LogP contribution in [0.1, 0.15) is 6.92 Å². The summed E-state index contributed by atoms with van der Waals surface area (Å²) in [5, 5.41) is 26.7. The number of phosphoric ester groups is 1. The molecule has 1 aromatic heterocycles. The molecule has 1 aromatic rings. The van der Waals surface area contributed by atoms with Gasteiger partial charge in [-0.1, -0.05) is 0 Å². The van der Waals surface area contributed by atoms with Gasteiger partial charge in [0.2, 0.25) is 11.7 Å². The number of ether oxygens (including phenoxy) is 1. The summed E-state index contributed by atoms with van der Waals surface area (Å²) >= 11 is 0. The van der Waals surface area contributed by atoms with Crippen LogP contribution in [0, 0.1) is 0 Å². The lowest BCUT2D eigenvalue weighted by molar-refractivity contribution is -0.332. The molecule has 0 aliphatic carbocycles. The summed E-state index contributed by atoms with van der Waals surface area (Å²) < 4.78 is 26.9. The van der Waals surface area contributed by atoms with Gasteiger partial charge in [-0.3, -0.25) is 18.8 Å². The molecule has 0 spiro atoms. The molecule has 8 N–H and O–H groups in total. The standard InChI is InChI=1S/C11H16N5O8P/c1-10-8(13-4-6(16-10)14-9(12)15-7(4)17)11(18,19)5-3(23-10)2-22-25(20,21)24-5/h3,5,8,13,18-19H,2H2,1H3,(H,20,21)(H4,12,14,15,16,17)/t3-,5+,8-,10-/m1/s1. The van der Waals surface area contributed by atoms with Crippen molar-refractivity contribution in [3.05, 3.63) is 10.4 Å². The first kappa shape index (κ1) is 16.7. The maximum Gasteiger partial charge on any atom is 0.472 e. The smallest absolute Gasteiger partial charge is 0.369 e. The number of aromatic nitrogens is 2. The molecule has 25 heavy (non-hydrogen) atoms. The van der Waals surface area contributed by atoms with Crippen molar-refractivity contribution in [3.63, 3.8) is 0 Å². The van der Waals surface area contributed by atoms with Crippen molar-refractivity contribution < 1.29 is 33.5 Å². The molecule has 0 aromatic carbocycles. The van der Waals surface area contributed by atoms with E-state index in [2.05, 4.69) is 25.1 Å². The van der Waals surface area contributed by atoms with Crippen LogP contribution in [0.2, 0.25) is 0 Å². The Morgan fingerprint density at radius 3 is 2.88 bits per heavy atom. The minimum atomic E-state index is -4.45. The summed E-state index contributed by atoms with van der Waals surface area (Å²) in [5.74, 6) is -2.77. The van der Waals surface area contributed by atoms with Crippen molar-refractivity contribution in [1.29, 1.82) is 0 Å². The molecule has 138 valence electrons. The monoisotopic (exact) mass is 377 g/mol. The van der Waals surface area contributed by atoms with Gasteiger partial charge in [-0.15, -0.1) is 0 Å². The van der Waals surface area contributed by atoms with Crippen LogP contribution in [0.4, 0.5) is 17.5 Å². The molecule has 1 unspecified atom stereocenters. The third kappa shape index (κ3) is 2.44. The van der Waals surface area contributed by atoms with E-state index in [-0.39, 0.29) is 17.5 Å². The fourth-order valence-corrected chi connectivity index (χ4v) is 4.31. The van der Waals surface area contributed by atoms with E-state index in [1.54, 1.807) is 0 Å². The van der Waals surface area contributed by atoms with Crippen molar-refractivity contribution in [2.75, 3.05) is 23.0 Å². The number of hydrogen-bond donors (Lipinski definition) is 7. The third-order valence-electron chi connectivity index (χ3n) is 4.37. The molecule has 3 aliphatic heterocycles. The van der Waals surface area contributed by atoms with Crippen molar-refractivity contribution in [2.24, 2.45) is 0 Å². The predicted octanol–water partition coefficient (Wildman–Crippen LogP) is -2.13. The first-order valence-electron chi connectivity index (χ1n) is 7.25. The molecule has 4 heterocycles. The van der Waals surface area contributed by atoms with E-state index >= 15 is 0 Å². The van der Waals surface area contributed by atoms with E-state index in [0.29, 0.717) is 0 Å². The third-order valence-corrected chi connectivity index (χ3v) is 5.34. The number of nitrogens with zero attached hydrogens (tertiary/aromatic N) is 1. The van der Waals surface area contributed by atoms with E-state index in [1.165, 1.54) is 6.92 Å². The van der Waals surface area contributed by atoms with Crippen LogP contribution in [-0.4, -0.2) is 61.4 Å². The van der Waals surface area contributed by atoms with Gasteiger partial charge in [-0.25, -0.2) is 4.57 Å². The Labute approximate surface area is 139 Å². The molecule has 2 fully saturated rings. The number of hydrogen-bond acceptors (Lipinski definition) is 11. The van der Waals surface area contributed by atoms with Crippen molar-refractivity contribution in [3.8, 4) is 0 Å². The van der Waals surface area contributed by atoms with E-state index in [0.717, 1.165) is 0 Å².